The third kappa shape index (κ3) is 6.76. The summed E-state index contributed by atoms with van der Waals surface area (Å²) in [6, 6.07) is 15.5. The van der Waals surface area contributed by atoms with Crippen molar-refractivity contribution in [1.29, 1.82) is 0 Å². The number of ether oxygens (including phenoxy) is 2. The molecule has 0 unspecified atom stereocenters. The first kappa shape index (κ1) is 27.7. The van der Waals surface area contributed by atoms with Crippen molar-refractivity contribution in [3.05, 3.63) is 72.2 Å². The van der Waals surface area contributed by atoms with Crippen LogP contribution in [-0.4, -0.2) is 59.0 Å². The molecule has 0 bridgehead atoms. The highest BCUT2D eigenvalue weighted by molar-refractivity contribution is 5.88. The Bertz CT molecular complexity index is 1380. The number of benzene rings is 2. The monoisotopic (exact) mass is 533 g/mol. The second-order valence-electron chi connectivity index (χ2n) is 9.65. The van der Waals surface area contributed by atoms with Crippen LogP contribution in [0.15, 0.2) is 65.3 Å². The van der Waals surface area contributed by atoms with E-state index in [1.54, 1.807) is 35.9 Å². The molecule has 10 heteroatoms. The van der Waals surface area contributed by atoms with Gasteiger partial charge in [-0.25, -0.2) is 4.68 Å². The largest absolute Gasteiger partial charge is 0.493 e. The Labute approximate surface area is 227 Å². The lowest BCUT2D eigenvalue weighted by atomic mass is 10.1. The molecular weight excluding hydrogens is 498 g/mol. The van der Waals surface area contributed by atoms with E-state index in [9.17, 15) is 9.59 Å². The molecule has 0 aliphatic heterocycles. The Morgan fingerprint density at radius 1 is 1.05 bits per heavy atom. The minimum absolute atomic E-state index is 0.0804. The number of hydrogen-bond acceptors (Lipinski definition) is 7. The first-order valence-electron chi connectivity index (χ1n) is 13.0. The van der Waals surface area contributed by atoms with Gasteiger partial charge in [0.2, 0.25) is 5.91 Å². The van der Waals surface area contributed by atoms with Gasteiger partial charge >= 0.3 is 0 Å². The molecule has 0 aliphatic rings. The molecule has 2 aromatic heterocycles. The summed E-state index contributed by atoms with van der Waals surface area (Å²) in [5, 5.41) is 11.3. The zero-order valence-corrected chi connectivity index (χ0v) is 22.8. The summed E-state index contributed by atoms with van der Waals surface area (Å²) in [5.41, 5.74) is 2.35. The molecule has 2 aromatic carbocycles. The molecule has 2 heterocycles. The van der Waals surface area contributed by atoms with Crippen LogP contribution in [0.2, 0.25) is 0 Å². The van der Waals surface area contributed by atoms with Crippen LogP contribution in [0.1, 0.15) is 37.6 Å². The van der Waals surface area contributed by atoms with Gasteiger partial charge in [-0.15, -0.1) is 5.10 Å². The fourth-order valence-electron chi connectivity index (χ4n) is 4.39. The molecule has 0 saturated heterocycles. The van der Waals surface area contributed by atoms with Gasteiger partial charge in [0.1, 0.15) is 17.8 Å². The molecule has 2 amide bonds. The first-order valence-corrected chi connectivity index (χ1v) is 13.0. The third-order valence-corrected chi connectivity index (χ3v) is 6.51. The van der Waals surface area contributed by atoms with Crippen LogP contribution >= 0.6 is 0 Å². The van der Waals surface area contributed by atoms with Gasteiger partial charge in [-0.2, -0.15) is 0 Å². The number of amides is 2. The van der Waals surface area contributed by atoms with Crippen LogP contribution in [0.4, 0.5) is 0 Å². The fraction of sp³-hybridized carbons (Fsp3) is 0.379. The quantitative estimate of drug-likeness (QED) is 0.276. The number of aromatic nitrogens is 3. The number of rotatable bonds is 13. The smallest absolute Gasteiger partial charge is 0.250 e. The number of para-hydroxylation sites is 1. The molecule has 0 aliphatic carbocycles. The maximum atomic E-state index is 13.9. The minimum atomic E-state index is -0.949. The van der Waals surface area contributed by atoms with Crippen LogP contribution in [0, 0.1) is 5.92 Å². The standard InChI is InChI=1S/C29H35N5O5/c1-20(2)13-15-30-29(36)28(25-10-7-17-39-25)33(16-14-21-11-12-24(37-3)26(18-21)38-4)27(35)19-34-23-9-6-5-8-22(23)31-32-34/h5-12,17-18,20,28H,13-16,19H2,1-4H3,(H,30,36)/t28-/m1/s1. The number of methoxy groups -OCH3 is 2. The predicted octanol–water partition coefficient (Wildman–Crippen LogP) is 4.02. The molecule has 4 rings (SSSR count). The van der Waals surface area contributed by atoms with Gasteiger partial charge in [0, 0.05) is 13.1 Å². The number of carbonyl (C=O) groups excluding carboxylic acids is 2. The summed E-state index contributed by atoms with van der Waals surface area (Å²) >= 11 is 0. The van der Waals surface area contributed by atoms with Crippen molar-refractivity contribution in [2.75, 3.05) is 27.3 Å². The summed E-state index contributed by atoms with van der Waals surface area (Å²) in [4.78, 5) is 29.0. The highest BCUT2D eigenvalue weighted by Crippen LogP contribution is 2.29. The van der Waals surface area contributed by atoms with Gasteiger partial charge in [-0.3, -0.25) is 9.59 Å². The number of carbonyl (C=O) groups is 2. The highest BCUT2D eigenvalue weighted by Gasteiger charge is 2.33. The maximum absolute atomic E-state index is 13.9. The van der Waals surface area contributed by atoms with Crippen molar-refractivity contribution in [3.63, 3.8) is 0 Å². The zero-order chi connectivity index (χ0) is 27.8. The lowest BCUT2D eigenvalue weighted by molar-refractivity contribution is -0.142. The summed E-state index contributed by atoms with van der Waals surface area (Å²) in [6.45, 7) is 4.86. The van der Waals surface area contributed by atoms with Crippen LogP contribution in [-0.2, 0) is 22.6 Å². The molecule has 10 nitrogen and oxygen atoms in total. The number of nitrogens with one attached hydrogen (secondary N) is 1. The third-order valence-electron chi connectivity index (χ3n) is 6.51. The highest BCUT2D eigenvalue weighted by atomic mass is 16.5. The van der Waals surface area contributed by atoms with Crippen molar-refractivity contribution < 1.29 is 23.5 Å². The average Bonchev–Trinajstić information content (AvgIpc) is 3.61. The Balaban J connectivity index is 1.64. The molecule has 39 heavy (non-hydrogen) atoms. The molecule has 206 valence electrons. The van der Waals surface area contributed by atoms with E-state index in [2.05, 4.69) is 29.5 Å². The minimum Gasteiger partial charge on any atom is -0.493 e. The van der Waals surface area contributed by atoms with E-state index in [1.807, 2.05) is 42.5 Å². The molecule has 4 aromatic rings. The van der Waals surface area contributed by atoms with Crippen LogP contribution in [0.3, 0.4) is 0 Å². The number of hydrogen-bond donors (Lipinski definition) is 1. The lowest BCUT2D eigenvalue weighted by Gasteiger charge is -2.30. The number of fused-ring (bicyclic) bond motifs is 1. The van der Waals surface area contributed by atoms with Crippen molar-refractivity contribution >= 4 is 22.8 Å². The average molecular weight is 534 g/mol. The van der Waals surface area contributed by atoms with Gasteiger partial charge < -0.3 is 24.1 Å². The van der Waals surface area contributed by atoms with Crippen LogP contribution in [0.25, 0.3) is 11.0 Å². The maximum Gasteiger partial charge on any atom is 0.250 e. The first-order chi connectivity index (χ1) is 18.9. The number of furan rings is 1. The van der Waals surface area contributed by atoms with Crippen LogP contribution < -0.4 is 14.8 Å². The van der Waals surface area contributed by atoms with E-state index in [4.69, 9.17) is 13.9 Å². The second kappa shape index (κ2) is 12.9. The molecular formula is C29H35N5O5. The normalized spacial score (nSPS) is 11.9. The van der Waals surface area contributed by atoms with Crippen molar-refractivity contribution in [1.82, 2.24) is 25.2 Å². The Hall–Kier alpha value is -4.34. The molecule has 0 spiro atoms. The van der Waals surface area contributed by atoms with E-state index in [0.29, 0.717) is 41.7 Å². The Kier molecular flexibility index (Phi) is 9.19. The number of nitrogens with zero attached hydrogens (tertiary/aromatic N) is 4. The second-order valence-corrected chi connectivity index (χ2v) is 9.65. The topological polar surface area (TPSA) is 112 Å². The Morgan fingerprint density at radius 2 is 1.85 bits per heavy atom. The van der Waals surface area contributed by atoms with Crippen molar-refractivity contribution in [2.24, 2.45) is 5.92 Å². The van der Waals surface area contributed by atoms with Crippen molar-refractivity contribution in [3.8, 4) is 11.5 Å². The van der Waals surface area contributed by atoms with E-state index in [-0.39, 0.29) is 24.9 Å². The van der Waals surface area contributed by atoms with Gasteiger partial charge in [0.05, 0.1) is 26.0 Å². The lowest BCUT2D eigenvalue weighted by Crippen LogP contribution is -2.46. The van der Waals surface area contributed by atoms with E-state index in [0.717, 1.165) is 17.5 Å². The van der Waals surface area contributed by atoms with Crippen molar-refractivity contribution in [2.45, 2.75) is 39.3 Å². The summed E-state index contributed by atoms with van der Waals surface area (Å²) < 4.78 is 18.0. The van der Waals surface area contributed by atoms with E-state index >= 15 is 0 Å². The summed E-state index contributed by atoms with van der Waals surface area (Å²) in [6.07, 6.45) is 2.80. The Morgan fingerprint density at radius 3 is 2.56 bits per heavy atom. The summed E-state index contributed by atoms with van der Waals surface area (Å²) in [5.74, 6) is 1.44. The SMILES string of the molecule is COc1ccc(CCN(C(=O)Cn2nnc3ccccc32)[C@@H](C(=O)NCCC(C)C)c2ccco2)cc1OC. The van der Waals surface area contributed by atoms with Gasteiger partial charge in [0.25, 0.3) is 5.91 Å². The summed E-state index contributed by atoms with van der Waals surface area (Å²) in [7, 11) is 3.16. The predicted molar refractivity (Wildman–Crippen MR) is 146 cm³/mol. The zero-order valence-electron chi connectivity index (χ0n) is 22.8. The van der Waals surface area contributed by atoms with Crippen LogP contribution in [0.5, 0.6) is 11.5 Å². The van der Waals surface area contributed by atoms with E-state index < -0.39 is 6.04 Å². The van der Waals surface area contributed by atoms with Gasteiger partial charge in [0.15, 0.2) is 17.5 Å². The van der Waals surface area contributed by atoms with Gasteiger partial charge in [-0.1, -0.05) is 37.3 Å². The van der Waals surface area contributed by atoms with E-state index in [1.165, 1.54) is 6.26 Å². The van der Waals surface area contributed by atoms with Gasteiger partial charge in [-0.05, 0) is 60.7 Å². The molecule has 0 saturated carbocycles. The fourth-order valence-corrected chi connectivity index (χ4v) is 4.39. The molecule has 0 radical (unpaired) electrons. The molecule has 1 N–H and O–H groups in total. The molecule has 1 atom stereocenters. The molecule has 0 fully saturated rings.